The molecule has 1 atom stereocenters. The number of nitrogens with zero attached hydrogens (tertiary/aromatic N) is 2. The molecule has 0 bridgehead atoms. The molecule has 1 aromatic heterocycles. The lowest BCUT2D eigenvalue weighted by molar-refractivity contribution is -0.117. The summed E-state index contributed by atoms with van der Waals surface area (Å²) < 4.78 is 0. The Morgan fingerprint density at radius 2 is 2.24 bits per heavy atom. The molecule has 1 unspecified atom stereocenters. The maximum Gasteiger partial charge on any atom is 0.244 e. The van der Waals surface area contributed by atoms with Crippen molar-refractivity contribution in [1.82, 2.24) is 10.3 Å². The first kappa shape index (κ1) is 13.8. The van der Waals surface area contributed by atoms with E-state index >= 15 is 0 Å². The van der Waals surface area contributed by atoms with Gasteiger partial charge in [0.1, 0.15) is 0 Å². The van der Waals surface area contributed by atoms with Gasteiger partial charge in [0.15, 0.2) is 5.13 Å². The quantitative estimate of drug-likeness (QED) is 0.883. The third kappa shape index (κ3) is 3.70. The number of benzene rings is 1. The van der Waals surface area contributed by atoms with Gasteiger partial charge >= 0.3 is 0 Å². The SMILES string of the molecule is O=C(/C=C/c1ccccc1)NC1CCN(c2nccs2)C1. The number of carbonyl (C=O) groups is 1. The highest BCUT2D eigenvalue weighted by molar-refractivity contribution is 7.13. The number of amides is 1. The molecule has 4 nitrogen and oxygen atoms in total. The molecular weight excluding hydrogens is 282 g/mol. The van der Waals surface area contributed by atoms with Gasteiger partial charge in [-0.15, -0.1) is 11.3 Å². The van der Waals surface area contributed by atoms with Crippen LogP contribution in [-0.2, 0) is 4.79 Å². The van der Waals surface area contributed by atoms with Crippen molar-refractivity contribution < 1.29 is 4.79 Å². The molecule has 1 N–H and O–H groups in total. The fraction of sp³-hybridized carbons (Fsp3) is 0.250. The predicted octanol–water partition coefficient (Wildman–Crippen LogP) is 2.55. The van der Waals surface area contributed by atoms with Crippen LogP contribution in [0.2, 0.25) is 0 Å². The standard InChI is InChI=1S/C16H17N3OS/c20-15(7-6-13-4-2-1-3-5-13)18-14-8-10-19(12-14)16-17-9-11-21-16/h1-7,9,11,14H,8,10,12H2,(H,18,20)/b7-6+. The summed E-state index contributed by atoms with van der Waals surface area (Å²) in [6.45, 7) is 1.78. The second-order valence-electron chi connectivity index (χ2n) is 5.00. The lowest BCUT2D eigenvalue weighted by Gasteiger charge is -2.15. The van der Waals surface area contributed by atoms with E-state index in [0.29, 0.717) is 0 Å². The van der Waals surface area contributed by atoms with Crippen LogP contribution in [-0.4, -0.2) is 30.0 Å². The van der Waals surface area contributed by atoms with E-state index in [1.165, 1.54) is 0 Å². The average molecular weight is 299 g/mol. The summed E-state index contributed by atoms with van der Waals surface area (Å²) in [5, 5.41) is 6.06. The van der Waals surface area contributed by atoms with Crippen molar-refractivity contribution in [3.63, 3.8) is 0 Å². The van der Waals surface area contributed by atoms with Crippen LogP contribution in [0.15, 0.2) is 48.0 Å². The van der Waals surface area contributed by atoms with Crippen LogP contribution >= 0.6 is 11.3 Å². The van der Waals surface area contributed by atoms with Gasteiger partial charge in [0, 0.05) is 36.8 Å². The summed E-state index contributed by atoms with van der Waals surface area (Å²) in [6.07, 6.45) is 6.21. The zero-order valence-corrected chi connectivity index (χ0v) is 12.4. The van der Waals surface area contributed by atoms with Crippen LogP contribution < -0.4 is 10.2 Å². The van der Waals surface area contributed by atoms with E-state index in [2.05, 4.69) is 15.2 Å². The van der Waals surface area contributed by atoms with Gasteiger partial charge in [0.2, 0.25) is 5.91 Å². The molecule has 108 valence electrons. The Labute approximate surface area is 128 Å². The van der Waals surface area contributed by atoms with Crippen molar-refractivity contribution in [2.24, 2.45) is 0 Å². The lowest BCUT2D eigenvalue weighted by Crippen LogP contribution is -2.36. The van der Waals surface area contributed by atoms with Crippen molar-refractivity contribution in [3.05, 3.63) is 53.5 Å². The maximum absolute atomic E-state index is 11.9. The Kier molecular flexibility index (Phi) is 4.31. The Morgan fingerprint density at radius 1 is 1.38 bits per heavy atom. The molecule has 1 fully saturated rings. The Balaban J connectivity index is 1.51. The number of hydrogen-bond donors (Lipinski definition) is 1. The Bertz CT molecular complexity index is 610. The minimum atomic E-state index is -0.0372. The minimum Gasteiger partial charge on any atom is -0.348 e. The fourth-order valence-electron chi connectivity index (χ4n) is 2.41. The summed E-state index contributed by atoms with van der Waals surface area (Å²) in [5.41, 5.74) is 1.03. The molecule has 0 spiro atoms. The highest BCUT2D eigenvalue weighted by atomic mass is 32.1. The summed E-state index contributed by atoms with van der Waals surface area (Å²) in [4.78, 5) is 18.5. The summed E-state index contributed by atoms with van der Waals surface area (Å²) in [5.74, 6) is -0.0372. The molecule has 0 radical (unpaired) electrons. The molecule has 0 aliphatic carbocycles. The number of rotatable bonds is 4. The maximum atomic E-state index is 11.9. The van der Waals surface area contributed by atoms with Gasteiger partial charge in [-0.3, -0.25) is 4.79 Å². The molecular formula is C16H17N3OS. The smallest absolute Gasteiger partial charge is 0.244 e. The second kappa shape index (κ2) is 6.54. The second-order valence-corrected chi connectivity index (χ2v) is 5.87. The van der Waals surface area contributed by atoms with Gasteiger partial charge in [0.05, 0.1) is 0 Å². The minimum absolute atomic E-state index is 0.0372. The number of carbonyl (C=O) groups excluding carboxylic acids is 1. The van der Waals surface area contributed by atoms with Gasteiger partial charge in [-0.1, -0.05) is 30.3 Å². The molecule has 1 aromatic carbocycles. The monoisotopic (exact) mass is 299 g/mol. The Morgan fingerprint density at radius 3 is 3.00 bits per heavy atom. The number of hydrogen-bond acceptors (Lipinski definition) is 4. The highest BCUT2D eigenvalue weighted by Gasteiger charge is 2.24. The van der Waals surface area contributed by atoms with Crippen molar-refractivity contribution in [2.75, 3.05) is 18.0 Å². The van der Waals surface area contributed by atoms with Gasteiger partial charge in [-0.25, -0.2) is 4.98 Å². The first-order chi connectivity index (χ1) is 10.3. The summed E-state index contributed by atoms with van der Waals surface area (Å²) >= 11 is 1.64. The third-order valence-corrected chi connectivity index (χ3v) is 4.28. The number of nitrogens with one attached hydrogen (secondary N) is 1. The first-order valence-electron chi connectivity index (χ1n) is 6.99. The van der Waals surface area contributed by atoms with E-state index in [1.54, 1.807) is 17.4 Å². The number of anilines is 1. The number of aromatic nitrogens is 1. The van der Waals surface area contributed by atoms with Gasteiger partial charge < -0.3 is 10.2 Å². The molecule has 1 aliphatic rings. The summed E-state index contributed by atoms with van der Waals surface area (Å²) in [7, 11) is 0. The van der Waals surface area contributed by atoms with Crippen LogP contribution in [0.4, 0.5) is 5.13 Å². The van der Waals surface area contributed by atoms with Crippen LogP contribution in [0.1, 0.15) is 12.0 Å². The van der Waals surface area contributed by atoms with Crippen LogP contribution in [0.25, 0.3) is 6.08 Å². The van der Waals surface area contributed by atoms with Crippen LogP contribution in [0.3, 0.4) is 0 Å². The molecule has 1 saturated heterocycles. The first-order valence-corrected chi connectivity index (χ1v) is 7.87. The van der Waals surface area contributed by atoms with Crippen LogP contribution in [0.5, 0.6) is 0 Å². The van der Waals surface area contributed by atoms with Gasteiger partial charge in [0.25, 0.3) is 0 Å². The van der Waals surface area contributed by atoms with E-state index in [-0.39, 0.29) is 11.9 Å². The van der Waals surface area contributed by atoms with Crippen LogP contribution in [0, 0.1) is 0 Å². The van der Waals surface area contributed by atoms with Crippen molar-refractivity contribution >= 4 is 28.5 Å². The highest BCUT2D eigenvalue weighted by Crippen LogP contribution is 2.22. The molecule has 2 heterocycles. The van der Waals surface area contributed by atoms with E-state index < -0.39 is 0 Å². The summed E-state index contributed by atoms with van der Waals surface area (Å²) in [6, 6.07) is 10.0. The molecule has 5 heteroatoms. The lowest BCUT2D eigenvalue weighted by atomic mass is 10.2. The number of thiazole rings is 1. The Hall–Kier alpha value is -2.14. The zero-order chi connectivity index (χ0) is 14.5. The fourth-order valence-corrected chi connectivity index (χ4v) is 3.09. The molecule has 1 amide bonds. The molecule has 1 aliphatic heterocycles. The van der Waals surface area contributed by atoms with Crippen molar-refractivity contribution in [1.29, 1.82) is 0 Å². The molecule has 0 saturated carbocycles. The van der Waals surface area contributed by atoms with E-state index in [0.717, 1.165) is 30.2 Å². The topological polar surface area (TPSA) is 45.2 Å². The molecule has 2 aromatic rings. The van der Waals surface area contributed by atoms with Gasteiger partial charge in [-0.2, -0.15) is 0 Å². The molecule has 3 rings (SSSR count). The van der Waals surface area contributed by atoms with E-state index in [9.17, 15) is 4.79 Å². The van der Waals surface area contributed by atoms with Crippen molar-refractivity contribution in [3.8, 4) is 0 Å². The van der Waals surface area contributed by atoms with E-state index in [1.807, 2.05) is 48.0 Å². The third-order valence-electron chi connectivity index (χ3n) is 3.45. The molecule has 21 heavy (non-hydrogen) atoms. The van der Waals surface area contributed by atoms with Gasteiger partial charge in [-0.05, 0) is 18.1 Å². The normalized spacial score (nSPS) is 18.3. The average Bonchev–Trinajstić information content (AvgIpc) is 3.17. The predicted molar refractivity (Wildman–Crippen MR) is 86.4 cm³/mol. The van der Waals surface area contributed by atoms with Crippen molar-refractivity contribution in [2.45, 2.75) is 12.5 Å². The zero-order valence-electron chi connectivity index (χ0n) is 11.6. The largest absolute Gasteiger partial charge is 0.348 e. The van der Waals surface area contributed by atoms with E-state index in [4.69, 9.17) is 0 Å².